The molecule has 140 valence electrons. The van der Waals surface area contributed by atoms with Crippen LogP contribution in [0.5, 0.6) is 0 Å². The molecule has 0 N–H and O–H groups in total. The molecule has 0 aromatic heterocycles. The second-order valence-electron chi connectivity index (χ2n) is 8.48. The van der Waals surface area contributed by atoms with E-state index < -0.39 is 0 Å². The first-order valence-electron chi connectivity index (χ1n) is 10.7. The zero-order valence-electron chi connectivity index (χ0n) is 16.7. The molecule has 2 aliphatic carbocycles. The van der Waals surface area contributed by atoms with E-state index in [0.717, 1.165) is 11.8 Å². The summed E-state index contributed by atoms with van der Waals surface area (Å²) in [5, 5.41) is 0. The maximum absolute atomic E-state index is 3.90. The van der Waals surface area contributed by atoms with Crippen molar-refractivity contribution in [3.63, 3.8) is 0 Å². The Labute approximate surface area is 165 Å². The number of hydrogen-bond donors (Lipinski definition) is 0. The monoisotopic (exact) mass is 356 g/mol. The molecule has 0 bridgehead atoms. The molecule has 1 saturated carbocycles. The quantitative estimate of drug-likeness (QED) is 0.499. The highest BCUT2D eigenvalue weighted by atomic mass is 14.3. The summed E-state index contributed by atoms with van der Waals surface area (Å²) in [7, 11) is 0. The Morgan fingerprint density at radius 2 is 1.52 bits per heavy atom. The summed E-state index contributed by atoms with van der Waals surface area (Å²) in [4.78, 5) is 0. The van der Waals surface area contributed by atoms with Gasteiger partial charge in [-0.1, -0.05) is 67.3 Å². The average Bonchev–Trinajstić information content (AvgIpc) is 2.74. The molecule has 2 aromatic rings. The van der Waals surface area contributed by atoms with Gasteiger partial charge in [-0.2, -0.15) is 0 Å². The van der Waals surface area contributed by atoms with E-state index in [1.807, 2.05) is 6.08 Å². The average molecular weight is 357 g/mol. The SMILES string of the molecule is C=Cc1ccc2c(c1)CCC(c1ccc(C3CCC(/C=C/C)CC3)cc1)C2. The van der Waals surface area contributed by atoms with Crippen LogP contribution in [-0.4, -0.2) is 0 Å². The van der Waals surface area contributed by atoms with Crippen molar-refractivity contribution in [2.75, 3.05) is 0 Å². The fourth-order valence-corrected chi connectivity index (χ4v) is 5.14. The first-order chi connectivity index (χ1) is 13.3. The van der Waals surface area contributed by atoms with Crippen LogP contribution < -0.4 is 0 Å². The van der Waals surface area contributed by atoms with E-state index in [0.29, 0.717) is 5.92 Å². The van der Waals surface area contributed by atoms with Gasteiger partial charge in [0.05, 0.1) is 0 Å². The molecule has 0 radical (unpaired) electrons. The van der Waals surface area contributed by atoms with Gasteiger partial charge in [0.15, 0.2) is 0 Å². The summed E-state index contributed by atoms with van der Waals surface area (Å²) in [5.74, 6) is 2.26. The number of hydrogen-bond acceptors (Lipinski definition) is 0. The van der Waals surface area contributed by atoms with E-state index >= 15 is 0 Å². The van der Waals surface area contributed by atoms with Gasteiger partial charge in [0.1, 0.15) is 0 Å². The lowest BCUT2D eigenvalue weighted by atomic mass is 9.77. The summed E-state index contributed by atoms with van der Waals surface area (Å²) in [5.41, 5.74) is 7.39. The fourth-order valence-electron chi connectivity index (χ4n) is 5.14. The molecule has 0 nitrogen and oxygen atoms in total. The van der Waals surface area contributed by atoms with Crippen LogP contribution in [0.3, 0.4) is 0 Å². The van der Waals surface area contributed by atoms with Gasteiger partial charge < -0.3 is 0 Å². The van der Waals surface area contributed by atoms with Crippen LogP contribution in [0.15, 0.2) is 61.2 Å². The van der Waals surface area contributed by atoms with E-state index in [1.54, 1.807) is 5.56 Å². The summed E-state index contributed by atoms with van der Waals surface area (Å²) in [6.45, 7) is 6.04. The molecule has 4 rings (SSSR count). The maximum Gasteiger partial charge on any atom is -0.0118 e. The zero-order chi connectivity index (χ0) is 18.6. The molecule has 1 atom stereocenters. The molecule has 2 aliphatic rings. The van der Waals surface area contributed by atoms with Gasteiger partial charge in [-0.15, -0.1) is 0 Å². The largest absolute Gasteiger partial charge is 0.0985 e. The van der Waals surface area contributed by atoms with Crippen molar-refractivity contribution < 1.29 is 0 Å². The highest BCUT2D eigenvalue weighted by Gasteiger charge is 2.23. The van der Waals surface area contributed by atoms with Gasteiger partial charge in [-0.3, -0.25) is 0 Å². The number of fused-ring (bicyclic) bond motifs is 1. The lowest BCUT2D eigenvalue weighted by Crippen LogP contribution is -2.14. The third-order valence-electron chi connectivity index (χ3n) is 6.81. The molecule has 27 heavy (non-hydrogen) atoms. The number of aryl methyl sites for hydroxylation is 1. The Bertz CT molecular complexity index is 800. The molecule has 0 heterocycles. The van der Waals surface area contributed by atoms with Crippen molar-refractivity contribution in [1.29, 1.82) is 0 Å². The van der Waals surface area contributed by atoms with E-state index in [4.69, 9.17) is 0 Å². The highest BCUT2D eigenvalue weighted by Crippen LogP contribution is 2.38. The normalized spacial score (nSPS) is 25.3. The number of benzene rings is 2. The minimum Gasteiger partial charge on any atom is -0.0985 e. The van der Waals surface area contributed by atoms with Gasteiger partial charge in [0, 0.05) is 0 Å². The van der Waals surface area contributed by atoms with E-state index in [-0.39, 0.29) is 0 Å². The third kappa shape index (κ3) is 4.10. The molecule has 1 unspecified atom stereocenters. The molecule has 1 fully saturated rings. The van der Waals surface area contributed by atoms with Crippen LogP contribution in [0.1, 0.15) is 78.7 Å². The van der Waals surface area contributed by atoms with E-state index in [1.165, 1.54) is 67.2 Å². The van der Waals surface area contributed by atoms with E-state index in [2.05, 4.69) is 68.1 Å². The van der Waals surface area contributed by atoms with Crippen LogP contribution in [0.25, 0.3) is 6.08 Å². The number of allylic oxidation sites excluding steroid dienone is 2. The molecule has 2 aromatic carbocycles. The first kappa shape index (κ1) is 18.3. The molecule has 0 heteroatoms. The molecule has 0 spiro atoms. The Morgan fingerprint density at radius 1 is 0.815 bits per heavy atom. The van der Waals surface area contributed by atoms with Crippen molar-refractivity contribution in [1.82, 2.24) is 0 Å². The molecular formula is C27H32. The second-order valence-corrected chi connectivity index (χ2v) is 8.48. The molecular weight excluding hydrogens is 324 g/mol. The van der Waals surface area contributed by atoms with Gasteiger partial charge in [0.2, 0.25) is 0 Å². The fraction of sp³-hybridized carbons (Fsp3) is 0.407. The van der Waals surface area contributed by atoms with Crippen LogP contribution in [0.2, 0.25) is 0 Å². The van der Waals surface area contributed by atoms with Crippen molar-refractivity contribution in [2.24, 2.45) is 5.92 Å². The molecule has 0 aliphatic heterocycles. The van der Waals surface area contributed by atoms with Gasteiger partial charge in [-0.25, -0.2) is 0 Å². The van der Waals surface area contributed by atoms with E-state index in [9.17, 15) is 0 Å². The van der Waals surface area contributed by atoms with Gasteiger partial charge in [0.25, 0.3) is 0 Å². The van der Waals surface area contributed by atoms with Crippen LogP contribution in [0.4, 0.5) is 0 Å². The zero-order valence-corrected chi connectivity index (χ0v) is 16.7. The van der Waals surface area contributed by atoms with Crippen LogP contribution in [0, 0.1) is 5.92 Å². The van der Waals surface area contributed by atoms with Gasteiger partial charge in [-0.05, 0) is 97.4 Å². The molecule has 0 saturated heterocycles. The molecule has 0 amide bonds. The van der Waals surface area contributed by atoms with Crippen molar-refractivity contribution in [3.05, 3.63) is 89.0 Å². The topological polar surface area (TPSA) is 0 Å². The summed E-state index contributed by atoms with van der Waals surface area (Å²) < 4.78 is 0. The summed E-state index contributed by atoms with van der Waals surface area (Å²) in [6, 6.07) is 16.5. The standard InChI is InChI=1S/C27H32/c1-3-5-21-7-9-22(10-8-21)23-12-14-24(15-13-23)26-17-16-25-18-20(4-2)6-11-27(25)19-26/h3-6,11-15,18,21-22,26H,2,7-10,16-17,19H2,1H3/b5-3+. The number of rotatable bonds is 4. The smallest absolute Gasteiger partial charge is 0.0118 e. The lowest BCUT2D eigenvalue weighted by molar-refractivity contribution is 0.375. The van der Waals surface area contributed by atoms with Crippen molar-refractivity contribution in [2.45, 2.75) is 63.7 Å². The Hall–Kier alpha value is -2.08. The minimum absolute atomic E-state index is 0.673. The van der Waals surface area contributed by atoms with Crippen LogP contribution in [-0.2, 0) is 12.8 Å². The predicted octanol–water partition coefficient (Wildman–Crippen LogP) is 7.45. The Morgan fingerprint density at radius 3 is 2.19 bits per heavy atom. The second kappa shape index (κ2) is 8.30. The Balaban J connectivity index is 1.41. The third-order valence-corrected chi connectivity index (χ3v) is 6.81. The Kier molecular flexibility index (Phi) is 5.62. The minimum atomic E-state index is 0.673. The van der Waals surface area contributed by atoms with Crippen molar-refractivity contribution >= 4 is 6.08 Å². The van der Waals surface area contributed by atoms with Gasteiger partial charge >= 0.3 is 0 Å². The predicted molar refractivity (Wildman–Crippen MR) is 117 cm³/mol. The summed E-state index contributed by atoms with van der Waals surface area (Å²) >= 11 is 0. The summed E-state index contributed by atoms with van der Waals surface area (Å²) in [6.07, 6.45) is 15.6. The highest BCUT2D eigenvalue weighted by molar-refractivity contribution is 5.51. The van der Waals surface area contributed by atoms with Crippen molar-refractivity contribution in [3.8, 4) is 0 Å². The van der Waals surface area contributed by atoms with Crippen LogP contribution >= 0.6 is 0 Å². The lowest BCUT2D eigenvalue weighted by Gasteiger charge is -2.28. The maximum atomic E-state index is 3.90. The first-order valence-corrected chi connectivity index (χ1v) is 10.7.